The summed E-state index contributed by atoms with van der Waals surface area (Å²) >= 11 is 0. The van der Waals surface area contributed by atoms with Crippen LogP contribution in [0.5, 0.6) is 0 Å². The fraction of sp³-hybridized carbons (Fsp3) is 0.490. The minimum atomic E-state index is -5.46. The standard InChI is InChI=1S/C49H60F4N8O7/c1-28-25-34(42(63)55-36-20-22-37(23-21-36)61(5)6)17-24-38(28)31-11-7-29(8-12-31)26-39(57-41(62)33-13-9-30(10-14-33)27-54-46(67)68-47(2,3)4)43(64)56-35-18-15-32(16-19-35)40-58-44(60-59-40)48(50,51)49(52,53)45(65)66/h7-8,11-12,15-19,24-25,30,33,36-37,39H,9-10,13-14,20-23,26-27H2,1-6H3,(H,54,67)(H,55,63)(H,56,64)(H,57,62)(H,65,66)(H,58,59,60). The van der Waals surface area contributed by atoms with Gasteiger partial charge in [-0.25, -0.2) is 14.6 Å². The van der Waals surface area contributed by atoms with Crippen LogP contribution in [0.1, 0.15) is 99.4 Å². The Morgan fingerprint density at radius 3 is 2.07 bits per heavy atom. The zero-order valence-electron chi connectivity index (χ0n) is 39.1. The van der Waals surface area contributed by atoms with Gasteiger partial charge in [-0.15, -0.1) is 0 Å². The van der Waals surface area contributed by atoms with Crippen molar-refractivity contribution < 1.29 is 51.4 Å². The van der Waals surface area contributed by atoms with Crippen LogP contribution in [0.2, 0.25) is 0 Å². The number of carbonyl (C=O) groups excluding carboxylic acids is 4. The Labute approximate surface area is 392 Å². The van der Waals surface area contributed by atoms with Crippen molar-refractivity contribution >= 4 is 35.5 Å². The van der Waals surface area contributed by atoms with E-state index < -0.39 is 53.1 Å². The van der Waals surface area contributed by atoms with Crippen LogP contribution in [-0.2, 0) is 31.5 Å². The minimum absolute atomic E-state index is 0.0906. The van der Waals surface area contributed by atoms with E-state index in [-0.39, 0.29) is 47.4 Å². The molecule has 6 N–H and O–H groups in total. The number of carboxylic acids is 1. The molecule has 2 saturated carbocycles. The summed E-state index contributed by atoms with van der Waals surface area (Å²) in [6.07, 6.45) is 5.96. The topological polar surface area (TPSA) is 208 Å². The SMILES string of the molecule is Cc1cc(C(=O)NC2CCC(N(C)C)CC2)ccc1-c1ccc(CC(NC(=O)C2CCC(CNC(=O)OC(C)(C)C)CC2)C(=O)Nc2ccc(-c3n[nH]c(C(F)(F)C(F)(F)C(=O)O)n3)cc2)cc1. The number of alkyl halides is 4. The third kappa shape index (κ3) is 12.8. The minimum Gasteiger partial charge on any atom is -0.477 e. The lowest BCUT2D eigenvalue weighted by Crippen LogP contribution is -2.48. The summed E-state index contributed by atoms with van der Waals surface area (Å²) in [5.74, 6) is -16.9. The van der Waals surface area contributed by atoms with E-state index in [9.17, 15) is 41.5 Å². The quantitative estimate of drug-likeness (QED) is 0.0600. The van der Waals surface area contributed by atoms with E-state index >= 15 is 0 Å². The molecule has 0 radical (unpaired) electrons. The lowest BCUT2D eigenvalue weighted by molar-refractivity contribution is -0.231. The largest absolute Gasteiger partial charge is 0.477 e. The van der Waals surface area contributed by atoms with E-state index in [0.29, 0.717) is 43.8 Å². The van der Waals surface area contributed by atoms with Gasteiger partial charge in [0.15, 0.2) is 5.82 Å². The van der Waals surface area contributed by atoms with Crippen LogP contribution >= 0.6 is 0 Å². The molecule has 1 heterocycles. The lowest BCUT2D eigenvalue weighted by atomic mass is 9.81. The van der Waals surface area contributed by atoms with Gasteiger partial charge < -0.3 is 36.0 Å². The van der Waals surface area contributed by atoms with Crippen LogP contribution in [-0.4, -0.2) is 105 Å². The van der Waals surface area contributed by atoms with Crippen LogP contribution in [0.4, 0.5) is 28.0 Å². The van der Waals surface area contributed by atoms with Gasteiger partial charge in [0.25, 0.3) is 5.91 Å². The van der Waals surface area contributed by atoms with Crippen molar-refractivity contribution in [2.75, 3.05) is 26.0 Å². The average Bonchev–Trinajstić information content (AvgIpc) is 3.80. The zero-order chi connectivity index (χ0) is 49.6. The lowest BCUT2D eigenvalue weighted by Gasteiger charge is -2.33. The highest BCUT2D eigenvalue weighted by molar-refractivity contribution is 5.98. The van der Waals surface area contributed by atoms with Gasteiger partial charge in [0.05, 0.1) is 0 Å². The summed E-state index contributed by atoms with van der Waals surface area (Å²) in [5.41, 5.74) is 3.75. The zero-order valence-corrected chi connectivity index (χ0v) is 39.1. The highest BCUT2D eigenvalue weighted by Crippen LogP contribution is 2.42. The van der Waals surface area contributed by atoms with Gasteiger partial charge in [0.1, 0.15) is 11.6 Å². The highest BCUT2D eigenvalue weighted by atomic mass is 19.3. The van der Waals surface area contributed by atoms with E-state index in [1.807, 2.05) is 49.4 Å². The number of amides is 4. The molecule has 68 heavy (non-hydrogen) atoms. The van der Waals surface area contributed by atoms with Crippen molar-refractivity contribution in [1.82, 2.24) is 36.0 Å². The number of hydrogen-bond donors (Lipinski definition) is 6. The number of hydrogen-bond acceptors (Lipinski definition) is 9. The van der Waals surface area contributed by atoms with E-state index in [1.54, 1.807) is 25.9 Å². The Morgan fingerprint density at radius 2 is 1.49 bits per heavy atom. The van der Waals surface area contributed by atoms with Crippen molar-refractivity contribution in [1.29, 1.82) is 0 Å². The van der Waals surface area contributed by atoms with Crippen LogP contribution in [0.3, 0.4) is 0 Å². The maximum atomic E-state index is 14.3. The Bertz CT molecular complexity index is 2420. The number of alkyl carbamates (subject to hydrolysis) is 1. The second-order valence-electron chi connectivity index (χ2n) is 19.1. The average molecular weight is 949 g/mol. The smallest absolute Gasteiger partial charge is 0.411 e. The number of benzene rings is 3. The first-order chi connectivity index (χ1) is 32.0. The Balaban J connectivity index is 1.13. The number of aryl methyl sites for hydroxylation is 1. The third-order valence-corrected chi connectivity index (χ3v) is 12.6. The molecule has 1 atom stereocenters. The summed E-state index contributed by atoms with van der Waals surface area (Å²) in [4.78, 5) is 69.7. The molecule has 1 unspecified atom stereocenters. The van der Waals surface area contributed by atoms with Crippen molar-refractivity contribution in [3.05, 3.63) is 89.2 Å². The van der Waals surface area contributed by atoms with Gasteiger partial charge >= 0.3 is 23.9 Å². The van der Waals surface area contributed by atoms with Crippen molar-refractivity contribution in [3.8, 4) is 22.5 Å². The molecule has 6 rings (SSSR count). The molecule has 19 heteroatoms. The van der Waals surface area contributed by atoms with Crippen molar-refractivity contribution in [2.45, 2.75) is 121 Å². The summed E-state index contributed by atoms with van der Waals surface area (Å²) in [7, 11) is 4.17. The number of nitrogens with zero attached hydrogens (tertiary/aromatic N) is 3. The first-order valence-corrected chi connectivity index (χ1v) is 22.8. The molecule has 2 aliphatic rings. The van der Waals surface area contributed by atoms with Gasteiger partial charge in [-0.05, 0) is 158 Å². The van der Waals surface area contributed by atoms with E-state index in [1.165, 1.54) is 24.3 Å². The van der Waals surface area contributed by atoms with Gasteiger partial charge in [0.2, 0.25) is 17.6 Å². The summed E-state index contributed by atoms with van der Waals surface area (Å²) in [6, 6.07) is 18.3. The number of nitrogens with one attached hydrogen (secondary N) is 5. The number of carboxylic acid groups (broad SMARTS) is 1. The van der Waals surface area contributed by atoms with E-state index in [2.05, 4.69) is 50.3 Å². The number of aromatic amines is 1. The molecule has 15 nitrogen and oxygen atoms in total. The fourth-order valence-corrected chi connectivity index (χ4v) is 8.61. The number of anilines is 1. The molecule has 1 aromatic heterocycles. The summed E-state index contributed by atoms with van der Waals surface area (Å²) in [6.45, 7) is 7.70. The Hall–Kier alpha value is -6.37. The fourth-order valence-electron chi connectivity index (χ4n) is 8.61. The molecule has 0 aliphatic heterocycles. The second-order valence-corrected chi connectivity index (χ2v) is 19.1. The number of ether oxygens (including phenoxy) is 1. The third-order valence-electron chi connectivity index (χ3n) is 12.6. The van der Waals surface area contributed by atoms with Gasteiger partial charge in [-0.2, -0.15) is 22.7 Å². The molecule has 0 spiro atoms. The molecular formula is C49H60F4N8O7. The van der Waals surface area contributed by atoms with Crippen LogP contribution in [0.15, 0.2) is 66.7 Å². The molecule has 0 bridgehead atoms. The van der Waals surface area contributed by atoms with Crippen molar-refractivity contribution in [3.63, 3.8) is 0 Å². The van der Waals surface area contributed by atoms with Crippen LogP contribution in [0, 0.1) is 18.8 Å². The predicted octanol–water partition coefficient (Wildman–Crippen LogP) is 7.86. The van der Waals surface area contributed by atoms with Crippen molar-refractivity contribution in [2.24, 2.45) is 11.8 Å². The Kier molecular flexibility index (Phi) is 16.0. The molecule has 2 fully saturated rings. The molecule has 3 aromatic carbocycles. The molecule has 4 aromatic rings. The summed E-state index contributed by atoms with van der Waals surface area (Å²) in [5, 5.41) is 25.6. The number of H-pyrrole nitrogens is 1. The van der Waals surface area contributed by atoms with Crippen LogP contribution < -0.4 is 21.3 Å². The molecule has 366 valence electrons. The number of aliphatic carboxylic acids is 1. The molecule has 2 aliphatic carbocycles. The monoisotopic (exact) mass is 948 g/mol. The first-order valence-electron chi connectivity index (χ1n) is 22.8. The van der Waals surface area contributed by atoms with Gasteiger partial charge in [-0.3, -0.25) is 19.5 Å². The van der Waals surface area contributed by atoms with Gasteiger partial charge in [0, 0.05) is 47.8 Å². The number of aromatic nitrogens is 3. The van der Waals surface area contributed by atoms with E-state index in [0.717, 1.165) is 47.9 Å². The first kappa shape index (κ1) is 51.0. The molecular weight excluding hydrogens is 889 g/mol. The predicted molar refractivity (Wildman–Crippen MR) is 246 cm³/mol. The summed E-state index contributed by atoms with van der Waals surface area (Å²) < 4.78 is 61.6. The van der Waals surface area contributed by atoms with E-state index in [4.69, 9.17) is 9.84 Å². The van der Waals surface area contributed by atoms with Crippen LogP contribution in [0.25, 0.3) is 22.5 Å². The number of halogens is 4. The highest BCUT2D eigenvalue weighted by Gasteiger charge is 2.65. The maximum absolute atomic E-state index is 14.3. The number of carbonyl (C=O) groups is 5. The maximum Gasteiger partial charge on any atom is 0.411 e. The molecule has 0 saturated heterocycles. The van der Waals surface area contributed by atoms with Gasteiger partial charge in [-0.1, -0.05) is 30.3 Å². The normalized spacial score (nSPS) is 19.4. The Morgan fingerprint density at radius 1 is 0.853 bits per heavy atom. The molecule has 4 amide bonds. The second kappa shape index (κ2) is 21.3. The number of rotatable bonds is 16.